The zero-order valence-corrected chi connectivity index (χ0v) is 18.8. The van der Waals surface area contributed by atoms with Crippen molar-refractivity contribution in [1.29, 1.82) is 5.41 Å². The average molecular weight is 472 g/mol. The molecule has 0 unspecified atom stereocenters. The number of anilines is 3. The molecule has 2 aliphatic rings. The van der Waals surface area contributed by atoms with Gasteiger partial charge in [0.1, 0.15) is 5.39 Å². The summed E-state index contributed by atoms with van der Waals surface area (Å²) in [6, 6.07) is 8.35. The molecule has 1 saturated heterocycles. The molecule has 1 aliphatic carbocycles. The van der Waals surface area contributed by atoms with E-state index in [2.05, 4.69) is 47.8 Å². The van der Waals surface area contributed by atoms with Crippen LogP contribution >= 0.6 is 0 Å². The number of amides is 1. The minimum Gasteiger partial charge on any atom is -0.387 e. The molecular formula is C24H25N9O2. The van der Waals surface area contributed by atoms with Gasteiger partial charge in [0.2, 0.25) is 5.95 Å². The van der Waals surface area contributed by atoms with Crippen molar-refractivity contribution in [3.05, 3.63) is 76.4 Å². The third kappa shape index (κ3) is 4.69. The molecule has 1 amide bonds. The third-order valence-corrected chi connectivity index (χ3v) is 6.15. The minimum atomic E-state index is -0.592. The smallest absolute Gasteiger partial charge is 0.275 e. The number of allylic oxidation sites excluding steroid dienone is 4. The molecule has 3 heterocycles. The molecule has 1 aliphatic heterocycles. The lowest BCUT2D eigenvalue weighted by Gasteiger charge is -2.34. The summed E-state index contributed by atoms with van der Waals surface area (Å²) in [4.78, 5) is 33.9. The molecule has 0 spiro atoms. The van der Waals surface area contributed by atoms with Gasteiger partial charge in [-0.3, -0.25) is 25.2 Å². The highest BCUT2D eigenvalue weighted by Crippen LogP contribution is 2.24. The molecule has 0 saturated carbocycles. The van der Waals surface area contributed by atoms with Crippen molar-refractivity contribution in [1.82, 2.24) is 25.5 Å². The molecule has 7 N–H and O–H groups in total. The van der Waals surface area contributed by atoms with Crippen LogP contribution in [0.4, 0.5) is 17.3 Å². The summed E-state index contributed by atoms with van der Waals surface area (Å²) in [5, 5.41) is 20.3. The highest BCUT2D eigenvalue weighted by Gasteiger charge is 2.20. The standard InChI is InChI=1S/C24H25N9O2/c25-20-14(2-1-3-18(20)21(26)34)12-27-15-8-10-33(11-9-15)17-6-4-16(5-7-17)29-24-28-13-19-22(30-24)31-32-23(19)35/h1-7,12-13,15,25,27H,8-11H2,(H2,26,34)(H3,28,29,30,31,32,35)/b14-12-,25-20?. The SMILES string of the molecule is N=C1C(C(N)=O)=CC=C/C1=C/NC1CCN(c2ccc(Nc3ncc4c(=O)[nH][nH]c4n3)cc2)CC1. The van der Waals surface area contributed by atoms with Crippen LogP contribution in [-0.4, -0.2) is 50.9 Å². The maximum absolute atomic E-state index is 11.6. The number of nitrogens with one attached hydrogen (secondary N) is 5. The van der Waals surface area contributed by atoms with Gasteiger partial charge in [-0.1, -0.05) is 12.2 Å². The molecule has 2 aromatic heterocycles. The number of hydrogen-bond donors (Lipinski definition) is 6. The van der Waals surface area contributed by atoms with Crippen LogP contribution < -0.4 is 26.8 Å². The normalized spacial score (nSPS) is 17.6. The molecule has 0 atom stereocenters. The fourth-order valence-corrected chi connectivity index (χ4v) is 4.18. The van der Waals surface area contributed by atoms with E-state index >= 15 is 0 Å². The topological polar surface area (TPSA) is 169 Å². The minimum absolute atomic E-state index is 0.144. The van der Waals surface area contributed by atoms with Crippen molar-refractivity contribution in [2.24, 2.45) is 5.73 Å². The Kier molecular flexibility index (Phi) is 5.88. The van der Waals surface area contributed by atoms with Gasteiger partial charge in [0.05, 0.1) is 11.3 Å². The van der Waals surface area contributed by atoms with E-state index in [1.807, 2.05) is 12.1 Å². The van der Waals surface area contributed by atoms with Crippen LogP contribution in [0, 0.1) is 5.41 Å². The molecule has 178 valence electrons. The van der Waals surface area contributed by atoms with Crippen molar-refractivity contribution in [2.75, 3.05) is 23.3 Å². The van der Waals surface area contributed by atoms with Gasteiger partial charge in [0, 0.05) is 48.5 Å². The second-order valence-corrected chi connectivity index (χ2v) is 8.41. The van der Waals surface area contributed by atoms with Crippen LogP contribution in [0.1, 0.15) is 12.8 Å². The summed E-state index contributed by atoms with van der Waals surface area (Å²) in [6.07, 6.45) is 10.3. The Morgan fingerprint density at radius 3 is 2.71 bits per heavy atom. The Morgan fingerprint density at radius 2 is 1.97 bits per heavy atom. The van der Waals surface area contributed by atoms with Crippen LogP contribution in [0.3, 0.4) is 0 Å². The predicted octanol–water partition coefficient (Wildman–Crippen LogP) is 1.83. The number of primary amides is 1. The van der Waals surface area contributed by atoms with Gasteiger partial charge in [-0.15, -0.1) is 0 Å². The Hall–Kier alpha value is -4.67. The lowest BCUT2D eigenvalue weighted by Crippen LogP contribution is -2.41. The number of fused-ring (bicyclic) bond motifs is 1. The van der Waals surface area contributed by atoms with Crippen LogP contribution in [0.15, 0.2) is 70.8 Å². The number of rotatable bonds is 6. The van der Waals surface area contributed by atoms with E-state index in [9.17, 15) is 9.59 Å². The van der Waals surface area contributed by atoms with Crippen LogP contribution in [0.2, 0.25) is 0 Å². The number of nitrogens with two attached hydrogens (primary N) is 1. The molecule has 3 aromatic rings. The third-order valence-electron chi connectivity index (χ3n) is 6.15. The zero-order chi connectivity index (χ0) is 24.4. The summed E-state index contributed by atoms with van der Waals surface area (Å²) in [5.41, 5.74) is 8.55. The second-order valence-electron chi connectivity index (χ2n) is 8.41. The van der Waals surface area contributed by atoms with Crippen molar-refractivity contribution in [2.45, 2.75) is 18.9 Å². The van der Waals surface area contributed by atoms with Crippen molar-refractivity contribution >= 4 is 40.0 Å². The average Bonchev–Trinajstić information content (AvgIpc) is 3.24. The van der Waals surface area contributed by atoms with Crippen molar-refractivity contribution < 1.29 is 4.79 Å². The number of carbonyl (C=O) groups is 1. The monoisotopic (exact) mass is 471 g/mol. The van der Waals surface area contributed by atoms with E-state index in [4.69, 9.17) is 11.1 Å². The first-order valence-corrected chi connectivity index (χ1v) is 11.3. The fraction of sp³-hybridized carbons (Fsp3) is 0.208. The van der Waals surface area contributed by atoms with E-state index in [0.717, 1.165) is 37.3 Å². The number of nitrogens with zero attached hydrogens (tertiary/aromatic N) is 3. The molecule has 5 rings (SSSR count). The zero-order valence-electron chi connectivity index (χ0n) is 18.8. The summed E-state index contributed by atoms with van der Waals surface area (Å²) < 4.78 is 0. The lowest BCUT2D eigenvalue weighted by atomic mass is 9.97. The first-order valence-electron chi connectivity index (χ1n) is 11.3. The summed E-state index contributed by atoms with van der Waals surface area (Å²) in [7, 11) is 0. The van der Waals surface area contributed by atoms with E-state index in [1.165, 1.54) is 6.20 Å². The molecule has 0 radical (unpaired) electrons. The van der Waals surface area contributed by atoms with Gasteiger partial charge in [0.25, 0.3) is 11.5 Å². The van der Waals surface area contributed by atoms with E-state index in [0.29, 0.717) is 22.6 Å². The summed E-state index contributed by atoms with van der Waals surface area (Å²) in [6.45, 7) is 1.79. The number of benzene rings is 1. The number of aromatic amines is 2. The number of aromatic nitrogens is 4. The van der Waals surface area contributed by atoms with Crippen molar-refractivity contribution in [3.63, 3.8) is 0 Å². The summed E-state index contributed by atoms with van der Waals surface area (Å²) in [5.74, 6) is -0.189. The van der Waals surface area contributed by atoms with E-state index < -0.39 is 5.91 Å². The maximum atomic E-state index is 11.6. The molecular weight excluding hydrogens is 446 g/mol. The lowest BCUT2D eigenvalue weighted by molar-refractivity contribution is -0.114. The Morgan fingerprint density at radius 1 is 1.20 bits per heavy atom. The van der Waals surface area contributed by atoms with E-state index in [1.54, 1.807) is 24.4 Å². The predicted molar refractivity (Wildman–Crippen MR) is 135 cm³/mol. The van der Waals surface area contributed by atoms with Gasteiger partial charge in [0.15, 0.2) is 5.65 Å². The highest BCUT2D eigenvalue weighted by molar-refractivity contribution is 6.28. The quantitative estimate of drug-likeness (QED) is 0.319. The molecule has 1 aromatic carbocycles. The largest absolute Gasteiger partial charge is 0.387 e. The second kappa shape index (κ2) is 9.29. The molecule has 0 bridgehead atoms. The number of H-pyrrole nitrogens is 2. The molecule has 35 heavy (non-hydrogen) atoms. The van der Waals surface area contributed by atoms with Crippen LogP contribution in [0.5, 0.6) is 0 Å². The van der Waals surface area contributed by atoms with Gasteiger partial charge in [-0.05, 0) is 43.2 Å². The van der Waals surface area contributed by atoms with Crippen molar-refractivity contribution in [3.8, 4) is 0 Å². The Labute approximate surface area is 200 Å². The molecule has 11 heteroatoms. The Bertz CT molecular complexity index is 1420. The number of piperidine rings is 1. The number of carbonyl (C=O) groups excluding carboxylic acids is 1. The van der Waals surface area contributed by atoms with Gasteiger partial charge >= 0.3 is 0 Å². The van der Waals surface area contributed by atoms with Gasteiger partial charge in [-0.25, -0.2) is 4.98 Å². The van der Waals surface area contributed by atoms with Crippen LogP contribution in [0.25, 0.3) is 11.0 Å². The maximum Gasteiger partial charge on any atom is 0.275 e. The molecule has 1 fully saturated rings. The van der Waals surface area contributed by atoms with Crippen LogP contribution in [-0.2, 0) is 4.79 Å². The summed E-state index contributed by atoms with van der Waals surface area (Å²) >= 11 is 0. The molecule has 11 nitrogen and oxygen atoms in total. The fourth-order valence-electron chi connectivity index (χ4n) is 4.18. The Balaban J connectivity index is 1.15. The first kappa shape index (κ1) is 22.1. The van der Waals surface area contributed by atoms with Gasteiger partial charge in [-0.2, -0.15) is 4.98 Å². The van der Waals surface area contributed by atoms with Gasteiger partial charge < -0.3 is 21.3 Å². The van der Waals surface area contributed by atoms with E-state index in [-0.39, 0.29) is 22.9 Å². The first-order chi connectivity index (χ1) is 17.0. The number of hydrogen-bond acceptors (Lipinski definition) is 8. The highest BCUT2D eigenvalue weighted by atomic mass is 16.1.